The average molecular weight is 257 g/mol. The first-order chi connectivity index (χ1) is 9.04. The van der Waals surface area contributed by atoms with Gasteiger partial charge in [0.25, 0.3) is 0 Å². The van der Waals surface area contributed by atoms with Crippen LogP contribution in [0.1, 0.15) is 50.2 Å². The van der Waals surface area contributed by atoms with Crippen molar-refractivity contribution in [2.75, 3.05) is 5.32 Å². The number of aryl methyl sites for hydroxylation is 2. The monoisotopic (exact) mass is 257 g/mol. The minimum atomic E-state index is 0.112. The van der Waals surface area contributed by atoms with Gasteiger partial charge in [0.2, 0.25) is 5.91 Å². The second-order valence-electron chi connectivity index (χ2n) is 5.69. The maximum Gasteiger partial charge on any atom is 0.228 e. The largest absolute Gasteiger partial charge is 0.326 e. The standard InChI is InChI=1S/C17H23NO/c1-12-8-13(2)10-16(9-12)18-17(19)11-15-7-5-4-6-14(15)3/h8-10H,4-7,11H2,1-3H3,(H,18,19). The van der Waals surface area contributed by atoms with Crippen LogP contribution in [0.25, 0.3) is 0 Å². The van der Waals surface area contributed by atoms with E-state index in [9.17, 15) is 4.79 Å². The van der Waals surface area contributed by atoms with Gasteiger partial charge in [-0.05, 0) is 69.7 Å². The van der Waals surface area contributed by atoms with Crippen molar-refractivity contribution in [1.82, 2.24) is 0 Å². The fourth-order valence-corrected chi connectivity index (χ4v) is 2.80. The zero-order valence-electron chi connectivity index (χ0n) is 12.2. The summed E-state index contributed by atoms with van der Waals surface area (Å²) in [6.45, 7) is 6.27. The number of carbonyl (C=O) groups is 1. The van der Waals surface area contributed by atoms with Crippen LogP contribution in [0.4, 0.5) is 5.69 Å². The van der Waals surface area contributed by atoms with Crippen LogP contribution in [0.3, 0.4) is 0 Å². The lowest BCUT2D eigenvalue weighted by molar-refractivity contribution is -0.115. The molecule has 19 heavy (non-hydrogen) atoms. The molecular weight excluding hydrogens is 234 g/mol. The Balaban J connectivity index is 2.01. The molecule has 2 heteroatoms. The number of amides is 1. The lowest BCUT2D eigenvalue weighted by atomic mass is 9.90. The van der Waals surface area contributed by atoms with Gasteiger partial charge in [-0.1, -0.05) is 17.2 Å². The summed E-state index contributed by atoms with van der Waals surface area (Å²) in [5, 5.41) is 3.02. The molecule has 0 aromatic heterocycles. The molecule has 0 spiro atoms. The Morgan fingerprint density at radius 2 is 1.68 bits per heavy atom. The molecule has 1 aliphatic carbocycles. The van der Waals surface area contributed by atoms with Gasteiger partial charge in [-0.15, -0.1) is 0 Å². The molecule has 0 unspecified atom stereocenters. The first kappa shape index (κ1) is 13.9. The first-order valence-corrected chi connectivity index (χ1v) is 7.10. The molecule has 1 aromatic carbocycles. The molecule has 0 atom stereocenters. The van der Waals surface area contributed by atoms with Gasteiger partial charge in [0, 0.05) is 12.1 Å². The Hall–Kier alpha value is -1.57. The van der Waals surface area contributed by atoms with Crippen molar-refractivity contribution in [2.24, 2.45) is 0 Å². The smallest absolute Gasteiger partial charge is 0.228 e. The topological polar surface area (TPSA) is 29.1 Å². The number of nitrogens with one attached hydrogen (secondary N) is 1. The Labute approximate surface area is 115 Å². The van der Waals surface area contributed by atoms with E-state index in [1.807, 2.05) is 12.1 Å². The third-order valence-electron chi connectivity index (χ3n) is 3.76. The molecule has 1 aromatic rings. The Bertz CT molecular complexity index is 494. The molecule has 0 bridgehead atoms. The summed E-state index contributed by atoms with van der Waals surface area (Å²) >= 11 is 0. The van der Waals surface area contributed by atoms with Gasteiger partial charge in [0.05, 0.1) is 0 Å². The number of anilines is 1. The van der Waals surface area contributed by atoms with Crippen molar-refractivity contribution in [1.29, 1.82) is 0 Å². The minimum absolute atomic E-state index is 0.112. The predicted octanol–water partition coefficient (Wildman–Crippen LogP) is 4.52. The van der Waals surface area contributed by atoms with Gasteiger partial charge in [-0.3, -0.25) is 4.79 Å². The molecule has 0 fully saturated rings. The number of hydrogen-bond acceptors (Lipinski definition) is 1. The Morgan fingerprint density at radius 3 is 2.32 bits per heavy atom. The normalized spacial score (nSPS) is 15.5. The molecule has 0 radical (unpaired) electrons. The molecule has 102 valence electrons. The number of benzene rings is 1. The number of allylic oxidation sites excluding steroid dienone is 1. The zero-order valence-corrected chi connectivity index (χ0v) is 12.2. The SMILES string of the molecule is CC1=C(CC(=O)Nc2cc(C)cc(C)c2)CCCC1. The quantitative estimate of drug-likeness (QED) is 0.792. The van der Waals surface area contributed by atoms with Crippen LogP contribution in [-0.4, -0.2) is 5.91 Å². The minimum Gasteiger partial charge on any atom is -0.326 e. The molecule has 1 aliphatic rings. The van der Waals surface area contributed by atoms with Crippen molar-refractivity contribution in [3.8, 4) is 0 Å². The van der Waals surface area contributed by atoms with E-state index in [2.05, 4.69) is 32.2 Å². The molecule has 0 heterocycles. The molecule has 0 aliphatic heterocycles. The van der Waals surface area contributed by atoms with Crippen LogP contribution in [0.2, 0.25) is 0 Å². The second kappa shape index (κ2) is 6.05. The maximum atomic E-state index is 12.1. The lowest BCUT2D eigenvalue weighted by Crippen LogP contribution is -2.14. The molecule has 1 N–H and O–H groups in total. The average Bonchev–Trinajstić information content (AvgIpc) is 2.30. The Kier molecular flexibility index (Phi) is 4.41. The van der Waals surface area contributed by atoms with Crippen LogP contribution < -0.4 is 5.32 Å². The summed E-state index contributed by atoms with van der Waals surface area (Å²) in [5.41, 5.74) is 6.04. The second-order valence-corrected chi connectivity index (χ2v) is 5.69. The van der Waals surface area contributed by atoms with E-state index in [1.54, 1.807) is 0 Å². The lowest BCUT2D eigenvalue weighted by Gasteiger charge is -2.17. The molecule has 0 saturated heterocycles. The van der Waals surface area contributed by atoms with Gasteiger partial charge in [-0.25, -0.2) is 0 Å². The first-order valence-electron chi connectivity index (χ1n) is 7.10. The summed E-state index contributed by atoms with van der Waals surface area (Å²) in [6.07, 6.45) is 5.30. The van der Waals surface area contributed by atoms with Crippen LogP contribution in [0.15, 0.2) is 29.3 Å². The number of rotatable bonds is 3. The Morgan fingerprint density at radius 1 is 1.05 bits per heavy atom. The highest BCUT2D eigenvalue weighted by Gasteiger charge is 2.13. The fraction of sp³-hybridized carbons (Fsp3) is 0.471. The molecule has 0 saturated carbocycles. The third kappa shape index (κ3) is 3.95. The van der Waals surface area contributed by atoms with E-state index in [0.29, 0.717) is 6.42 Å². The van der Waals surface area contributed by atoms with Gasteiger partial charge in [-0.2, -0.15) is 0 Å². The van der Waals surface area contributed by atoms with E-state index in [0.717, 1.165) is 18.5 Å². The van der Waals surface area contributed by atoms with Gasteiger partial charge in [0.15, 0.2) is 0 Å². The van der Waals surface area contributed by atoms with Crippen molar-refractivity contribution in [3.05, 3.63) is 40.5 Å². The van der Waals surface area contributed by atoms with Crippen molar-refractivity contribution in [2.45, 2.75) is 52.9 Å². The zero-order chi connectivity index (χ0) is 13.8. The maximum absolute atomic E-state index is 12.1. The summed E-state index contributed by atoms with van der Waals surface area (Å²) in [5.74, 6) is 0.112. The van der Waals surface area contributed by atoms with Crippen LogP contribution in [0, 0.1) is 13.8 Å². The molecule has 2 rings (SSSR count). The van der Waals surface area contributed by atoms with Crippen LogP contribution in [-0.2, 0) is 4.79 Å². The van der Waals surface area contributed by atoms with Gasteiger partial charge < -0.3 is 5.32 Å². The molecule has 1 amide bonds. The van der Waals surface area contributed by atoms with E-state index in [1.165, 1.54) is 35.1 Å². The predicted molar refractivity (Wildman–Crippen MR) is 80.3 cm³/mol. The van der Waals surface area contributed by atoms with Crippen LogP contribution >= 0.6 is 0 Å². The van der Waals surface area contributed by atoms with Crippen molar-refractivity contribution >= 4 is 11.6 Å². The highest BCUT2D eigenvalue weighted by molar-refractivity contribution is 5.92. The third-order valence-corrected chi connectivity index (χ3v) is 3.76. The fourth-order valence-electron chi connectivity index (χ4n) is 2.80. The molecule has 2 nitrogen and oxygen atoms in total. The van der Waals surface area contributed by atoms with E-state index in [-0.39, 0.29) is 5.91 Å². The van der Waals surface area contributed by atoms with E-state index >= 15 is 0 Å². The van der Waals surface area contributed by atoms with Crippen molar-refractivity contribution < 1.29 is 4.79 Å². The molecular formula is C17H23NO. The highest BCUT2D eigenvalue weighted by Crippen LogP contribution is 2.26. The van der Waals surface area contributed by atoms with E-state index in [4.69, 9.17) is 0 Å². The van der Waals surface area contributed by atoms with Crippen LogP contribution in [0.5, 0.6) is 0 Å². The van der Waals surface area contributed by atoms with Gasteiger partial charge in [0.1, 0.15) is 0 Å². The number of hydrogen-bond donors (Lipinski definition) is 1. The number of carbonyl (C=O) groups excluding carboxylic acids is 1. The summed E-state index contributed by atoms with van der Waals surface area (Å²) in [4.78, 5) is 12.1. The van der Waals surface area contributed by atoms with E-state index < -0.39 is 0 Å². The van der Waals surface area contributed by atoms with Gasteiger partial charge >= 0.3 is 0 Å². The highest BCUT2D eigenvalue weighted by atomic mass is 16.1. The summed E-state index contributed by atoms with van der Waals surface area (Å²) < 4.78 is 0. The summed E-state index contributed by atoms with van der Waals surface area (Å²) in [7, 11) is 0. The summed E-state index contributed by atoms with van der Waals surface area (Å²) in [6, 6.07) is 6.16. The van der Waals surface area contributed by atoms with Crippen molar-refractivity contribution in [3.63, 3.8) is 0 Å².